The van der Waals surface area contributed by atoms with Crippen molar-refractivity contribution >= 4 is 35.0 Å². The molecule has 0 aliphatic carbocycles. The van der Waals surface area contributed by atoms with E-state index in [4.69, 9.17) is 14.5 Å². The van der Waals surface area contributed by atoms with E-state index in [9.17, 15) is 18.8 Å². The molecule has 2 aliphatic heterocycles. The molecule has 44 heavy (non-hydrogen) atoms. The molecule has 1 amide bonds. The van der Waals surface area contributed by atoms with E-state index in [1.807, 2.05) is 47.4 Å². The van der Waals surface area contributed by atoms with Gasteiger partial charge in [0.25, 0.3) is 11.5 Å². The predicted molar refractivity (Wildman–Crippen MR) is 165 cm³/mol. The Morgan fingerprint density at radius 1 is 1.00 bits per heavy atom. The molecule has 6 rings (SSSR count). The van der Waals surface area contributed by atoms with Gasteiger partial charge in [0.05, 0.1) is 28.5 Å². The average molecular weight is 612 g/mol. The van der Waals surface area contributed by atoms with Crippen molar-refractivity contribution in [3.8, 4) is 5.75 Å². The van der Waals surface area contributed by atoms with E-state index >= 15 is 0 Å². The highest BCUT2D eigenvalue weighted by Gasteiger charge is 2.35. The van der Waals surface area contributed by atoms with E-state index in [0.717, 1.165) is 31.5 Å². The zero-order chi connectivity index (χ0) is 30.6. The Hall–Kier alpha value is -4.83. The van der Waals surface area contributed by atoms with E-state index in [2.05, 4.69) is 0 Å². The maximum Gasteiger partial charge on any atom is 0.338 e. The molecule has 3 heterocycles. The molecule has 2 aliphatic rings. The standard InChI is InChI=1S/C34H30FN3O5S/c1-2-42-33(41)29-30(23-8-4-3-5-9-23)36-34-38(31(29)24-12-14-25(35)15-13-24)32(40)27(44-34)20-22-10-16-26(17-11-22)43-21-28(39)37-18-6-7-19-37/h3-5,8-17,20,31H,2,6-7,18-19,21H2,1H3/b27-20+/t31-/m1/s1. The Labute approximate surface area is 257 Å². The van der Waals surface area contributed by atoms with Crippen LogP contribution in [0.4, 0.5) is 4.39 Å². The highest BCUT2D eigenvalue weighted by Crippen LogP contribution is 2.35. The molecule has 0 unspecified atom stereocenters. The average Bonchev–Trinajstić information content (AvgIpc) is 3.69. The van der Waals surface area contributed by atoms with E-state index in [1.54, 1.807) is 37.3 Å². The molecule has 0 radical (unpaired) electrons. The predicted octanol–water partition coefficient (Wildman–Crippen LogP) is 4.08. The van der Waals surface area contributed by atoms with E-state index in [0.29, 0.717) is 31.9 Å². The van der Waals surface area contributed by atoms with Crippen molar-refractivity contribution in [2.24, 2.45) is 4.99 Å². The summed E-state index contributed by atoms with van der Waals surface area (Å²) in [5.41, 5.74) is 2.26. The van der Waals surface area contributed by atoms with Gasteiger partial charge in [-0.15, -0.1) is 0 Å². The first kappa shape index (κ1) is 29.3. The van der Waals surface area contributed by atoms with Crippen LogP contribution in [0.1, 0.15) is 42.5 Å². The van der Waals surface area contributed by atoms with Gasteiger partial charge in [0, 0.05) is 18.7 Å². The van der Waals surface area contributed by atoms with Gasteiger partial charge in [-0.2, -0.15) is 0 Å². The Balaban J connectivity index is 1.40. The van der Waals surface area contributed by atoms with Crippen molar-refractivity contribution in [1.29, 1.82) is 0 Å². The van der Waals surface area contributed by atoms with Crippen LogP contribution in [-0.4, -0.2) is 47.6 Å². The molecule has 0 saturated carbocycles. The van der Waals surface area contributed by atoms with Crippen LogP contribution >= 0.6 is 11.3 Å². The van der Waals surface area contributed by atoms with Crippen LogP contribution < -0.4 is 19.6 Å². The summed E-state index contributed by atoms with van der Waals surface area (Å²) in [6.45, 7) is 3.37. The summed E-state index contributed by atoms with van der Waals surface area (Å²) in [6.07, 6.45) is 3.79. The third-order valence-electron chi connectivity index (χ3n) is 7.56. The normalized spacial score (nSPS) is 16.5. The highest BCUT2D eigenvalue weighted by molar-refractivity contribution is 7.07. The topological polar surface area (TPSA) is 90.2 Å². The number of hydrogen-bond donors (Lipinski definition) is 0. The van der Waals surface area contributed by atoms with Crippen molar-refractivity contribution in [3.63, 3.8) is 0 Å². The largest absolute Gasteiger partial charge is 0.484 e. The maximum absolute atomic E-state index is 14.0. The van der Waals surface area contributed by atoms with Crippen molar-refractivity contribution in [1.82, 2.24) is 9.47 Å². The van der Waals surface area contributed by atoms with Crippen LogP contribution in [0, 0.1) is 5.82 Å². The number of esters is 1. The number of benzene rings is 3. The first-order chi connectivity index (χ1) is 21.4. The smallest absolute Gasteiger partial charge is 0.338 e. The minimum atomic E-state index is -0.882. The number of nitrogens with zero attached hydrogens (tertiary/aromatic N) is 3. The van der Waals surface area contributed by atoms with E-state index in [-0.39, 0.29) is 30.3 Å². The lowest BCUT2D eigenvalue weighted by Gasteiger charge is -2.25. The van der Waals surface area contributed by atoms with Gasteiger partial charge >= 0.3 is 5.97 Å². The van der Waals surface area contributed by atoms with E-state index in [1.165, 1.54) is 28.0 Å². The van der Waals surface area contributed by atoms with Gasteiger partial charge in [0.2, 0.25) is 0 Å². The Morgan fingerprint density at radius 3 is 2.39 bits per heavy atom. The number of halogens is 1. The first-order valence-corrected chi connectivity index (χ1v) is 15.3. The molecule has 10 heteroatoms. The van der Waals surface area contributed by atoms with Crippen molar-refractivity contribution < 1.29 is 23.5 Å². The Kier molecular flexibility index (Phi) is 8.51. The Morgan fingerprint density at radius 2 is 1.70 bits per heavy atom. The number of ether oxygens (including phenoxy) is 2. The van der Waals surface area contributed by atoms with Crippen molar-refractivity contribution in [3.05, 3.63) is 127 Å². The van der Waals surface area contributed by atoms with Crippen LogP contribution in [0.3, 0.4) is 0 Å². The lowest BCUT2D eigenvalue weighted by atomic mass is 9.93. The van der Waals surface area contributed by atoms with Gasteiger partial charge in [0.15, 0.2) is 11.4 Å². The molecule has 3 aromatic carbocycles. The van der Waals surface area contributed by atoms with Gasteiger partial charge in [0.1, 0.15) is 11.6 Å². The summed E-state index contributed by atoms with van der Waals surface area (Å²) in [5.74, 6) is -0.504. The van der Waals surface area contributed by atoms with Crippen LogP contribution in [0.2, 0.25) is 0 Å². The molecule has 4 aromatic rings. The maximum atomic E-state index is 14.0. The van der Waals surface area contributed by atoms with Crippen molar-refractivity contribution in [2.45, 2.75) is 25.8 Å². The minimum Gasteiger partial charge on any atom is -0.484 e. The Bertz CT molecular complexity index is 1890. The summed E-state index contributed by atoms with van der Waals surface area (Å²) in [4.78, 5) is 46.8. The summed E-state index contributed by atoms with van der Waals surface area (Å²) in [6, 6.07) is 21.2. The third-order valence-corrected chi connectivity index (χ3v) is 8.54. The summed E-state index contributed by atoms with van der Waals surface area (Å²) in [7, 11) is 0. The summed E-state index contributed by atoms with van der Waals surface area (Å²) < 4.78 is 27.0. The molecule has 0 spiro atoms. The molecule has 0 bridgehead atoms. The summed E-state index contributed by atoms with van der Waals surface area (Å²) in [5, 5.41) is 0. The fourth-order valence-corrected chi connectivity index (χ4v) is 6.42. The molecule has 1 saturated heterocycles. The monoisotopic (exact) mass is 611 g/mol. The molecule has 1 fully saturated rings. The number of likely N-dealkylation sites (tertiary alicyclic amines) is 1. The lowest BCUT2D eigenvalue weighted by molar-refractivity contribution is -0.139. The molecule has 1 aromatic heterocycles. The molecule has 0 N–H and O–H groups in total. The van der Waals surface area contributed by atoms with Crippen LogP contribution in [0.5, 0.6) is 5.75 Å². The van der Waals surface area contributed by atoms with E-state index < -0.39 is 17.8 Å². The second kappa shape index (κ2) is 12.8. The SMILES string of the molecule is CCOC(=O)C1=C(c2ccccc2)N=c2s/c(=C/c3ccc(OCC(=O)N4CCCC4)cc3)c(=O)n2[C@@H]1c1ccc(F)cc1. The van der Waals surface area contributed by atoms with Crippen LogP contribution in [0.25, 0.3) is 11.8 Å². The number of hydrogen-bond acceptors (Lipinski definition) is 7. The number of rotatable bonds is 8. The molecule has 1 atom stereocenters. The highest BCUT2D eigenvalue weighted by atomic mass is 32.1. The zero-order valence-corrected chi connectivity index (χ0v) is 24.9. The first-order valence-electron chi connectivity index (χ1n) is 14.5. The molecular formula is C34H30FN3O5S. The number of carbonyl (C=O) groups excluding carboxylic acids is 2. The zero-order valence-electron chi connectivity index (χ0n) is 24.1. The van der Waals surface area contributed by atoms with Gasteiger partial charge in [-0.1, -0.05) is 65.9 Å². The van der Waals surface area contributed by atoms with Crippen LogP contribution in [0.15, 0.2) is 94.2 Å². The second-order valence-corrected chi connectivity index (χ2v) is 11.4. The van der Waals surface area contributed by atoms with Gasteiger partial charge in [-0.05, 0) is 61.2 Å². The molecule has 8 nitrogen and oxygen atoms in total. The number of aromatic nitrogens is 1. The number of amides is 1. The van der Waals surface area contributed by atoms with Crippen molar-refractivity contribution in [2.75, 3.05) is 26.3 Å². The summed E-state index contributed by atoms with van der Waals surface area (Å²) >= 11 is 1.20. The minimum absolute atomic E-state index is 0.0200. The lowest BCUT2D eigenvalue weighted by Crippen LogP contribution is -2.40. The molecular weight excluding hydrogens is 581 g/mol. The fourth-order valence-electron chi connectivity index (χ4n) is 5.42. The number of fused-ring (bicyclic) bond motifs is 1. The quantitative estimate of drug-likeness (QED) is 0.280. The van der Waals surface area contributed by atoms with Crippen LogP contribution in [-0.2, 0) is 14.3 Å². The number of carbonyl (C=O) groups is 2. The van der Waals surface area contributed by atoms with Gasteiger partial charge in [-0.25, -0.2) is 14.2 Å². The van der Waals surface area contributed by atoms with Gasteiger partial charge in [-0.3, -0.25) is 14.2 Å². The third kappa shape index (κ3) is 5.98. The number of thiazole rings is 1. The van der Waals surface area contributed by atoms with Gasteiger partial charge < -0.3 is 14.4 Å². The fraction of sp³-hybridized carbons (Fsp3) is 0.235. The molecule has 224 valence electrons. The second-order valence-electron chi connectivity index (χ2n) is 10.4.